The van der Waals surface area contributed by atoms with Gasteiger partial charge in [-0.15, -0.1) is 0 Å². The molecule has 0 aliphatic heterocycles. The van der Waals surface area contributed by atoms with Gasteiger partial charge in [0.25, 0.3) is 5.56 Å². The molecule has 17 heteroatoms. The van der Waals surface area contributed by atoms with Gasteiger partial charge in [0.05, 0.1) is 0 Å². The Bertz CT molecular complexity index is 486. The molecule has 1 heterocycles. The summed E-state index contributed by atoms with van der Waals surface area (Å²) in [5.41, 5.74) is -0.855. The van der Waals surface area contributed by atoms with Gasteiger partial charge in [-0.05, 0) is 0 Å². The van der Waals surface area contributed by atoms with Crippen molar-refractivity contribution in [2.45, 2.75) is 0 Å². The van der Waals surface area contributed by atoms with Gasteiger partial charge in [-0.1, -0.05) is 0 Å². The molecule has 0 saturated carbocycles. The summed E-state index contributed by atoms with van der Waals surface area (Å²) in [7, 11) is -10.8. The second-order valence-electron chi connectivity index (χ2n) is 2.19. The Kier molecular flexibility index (Phi) is 29.1. The first-order valence-corrected chi connectivity index (χ1v) is 6.45. The number of nitrogens with one attached hydrogen (secondary N) is 2. The van der Waals surface area contributed by atoms with Crippen molar-refractivity contribution in [3.05, 3.63) is 33.1 Å². The average molecular weight is 422 g/mol. The fourth-order valence-electron chi connectivity index (χ4n) is 0.383. The number of phosphoric acid groups is 2. The van der Waals surface area contributed by atoms with E-state index in [1.165, 1.54) is 12.3 Å². The fourth-order valence-corrected chi connectivity index (χ4v) is 0.383. The van der Waals surface area contributed by atoms with Crippen LogP contribution < -0.4 is 40.6 Å². The van der Waals surface area contributed by atoms with Crippen LogP contribution in [0, 0.1) is 0 Å². The number of H-pyrrole nitrogens is 2. The van der Waals surface area contributed by atoms with E-state index >= 15 is 0 Å². The Morgan fingerprint density at radius 3 is 1.24 bits per heavy atom. The van der Waals surface area contributed by atoms with Crippen molar-refractivity contribution in [1.29, 1.82) is 0 Å². The first kappa shape index (κ1) is 34.9. The monoisotopic (exact) mass is 422 g/mol. The second kappa shape index (κ2) is 17.5. The molecule has 0 atom stereocenters. The van der Waals surface area contributed by atoms with Crippen molar-refractivity contribution in [1.82, 2.24) is 9.97 Å². The zero-order valence-corrected chi connectivity index (χ0v) is 18.7. The van der Waals surface area contributed by atoms with Gasteiger partial charge in [-0.2, -0.15) is 15.6 Å². The quantitative estimate of drug-likeness (QED) is 0.295. The molecule has 1 aromatic heterocycles. The second-order valence-corrected chi connectivity index (χ2v) is 3.98. The van der Waals surface area contributed by atoms with E-state index in [-0.39, 0.29) is 119 Å². The van der Waals surface area contributed by atoms with E-state index in [0.29, 0.717) is 0 Å². The van der Waals surface area contributed by atoms with Crippen LogP contribution in [-0.4, -0.2) is 123 Å². The summed E-state index contributed by atoms with van der Waals surface area (Å²) in [5, 5.41) is 0. The molecule has 0 bridgehead atoms. The summed E-state index contributed by atoms with van der Waals surface area (Å²) in [6.07, 6.45) is 1.29. The third-order valence-corrected chi connectivity index (χ3v) is 0.686. The maximum absolute atomic E-state index is 10.2. The molecule has 106 valence electrons. The SMILES string of the molecule is O=P([O-])([O-])[O-].O=P([O-])([O-])[O-].O=c1cc[nH]c(=O)[nH]1.[Ca+2].[Ca+2].[Ca+2]. The minimum Gasteiger partial charge on any atom is -0.822 e. The average Bonchev–Trinajstić information content (AvgIpc) is 1.95. The third-order valence-electron chi connectivity index (χ3n) is 0.686. The number of aromatic amines is 2. The number of hydrogen-bond acceptors (Lipinski definition) is 10. The minimum atomic E-state index is -5.39. The standard InChI is InChI=1S/C4H4N2O2.3Ca.2H3O4P/c7-3-1-2-5-4(8)6-3;;;;2*1-5(2,3)4/h1-2H,(H2,5,6,7,8);;;;2*(H3,1,2,3,4)/q;3*+2;;/p-6. The van der Waals surface area contributed by atoms with E-state index in [9.17, 15) is 9.59 Å². The predicted molar refractivity (Wildman–Crippen MR) is 60.2 cm³/mol. The van der Waals surface area contributed by atoms with Gasteiger partial charge in [0.15, 0.2) is 0 Å². The normalized spacial score (nSPS) is 9.05. The van der Waals surface area contributed by atoms with E-state index in [1.54, 1.807) is 0 Å². The largest absolute Gasteiger partial charge is 2.00 e. The summed E-state index contributed by atoms with van der Waals surface area (Å²) >= 11 is 0. The molecule has 2 N–H and O–H groups in total. The number of rotatable bonds is 0. The van der Waals surface area contributed by atoms with Gasteiger partial charge in [0, 0.05) is 12.3 Å². The molecule has 1 rings (SSSR count). The first-order chi connectivity index (χ1) is 7.79. The van der Waals surface area contributed by atoms with Crippen molar-refractivity contribution in [3.8, 4) is 0 Å². The van der Waals surface area contributed by atoms with Gasteiger partial charge < -0.3 is 43.5 Å². The molecule has 0 radical (unpaired) electrons. The van der Waals surface area contributed by atoms with Gasteiger partial charge in [-0.3, -0.25) is 9.78 Å². The van der Waals surface area contributed by atoms with Crippen LogP contribution in [0.3, 0.4) is 0 Å². The molecule has 0 amide bonds. The fraction of sp³-hybridized carbons (Fsp3) is 0. The van der Waals surface area contributed by atoms with Crippen molar-refractivity contribution in [2.75, 3.05) is 0 Å². The Labute approximate surface area is 206 Å². The van der Waals surface area contributed by atoms with Crippen LogP contribution in [0.25, 0.3) is 0 Å². The van der Waals surface area contributed by atoms with Crippen molar-refractivity contribution in [3.63, 3.8) is 0 Å². The molecular formula is C4H4Ca3N2O10P2. The summed E-state index contributed by atoms with van der Waals surface area (Å²) in [6, 6.07) is 1.24. The zero-order valence-electron chi connectivity index (χ0n) is 10.3. The van der Waals surface area contributed by atoms with E-state index in [0.717, 1.165) is 0 Å². The van der Waals surface area contributed by atoms with Crippen LogP contribution >= 0.6 is 15.6 Å². The predicted octanol–water partition coefficient (Wildman–Crippen LogP) is -7.73. The Morgan fingerprint density at radius 1 is 0.810 bits per heavy atom. The maximum atomic E-state index is 10.2. The van der Waals surface area contributed by atoms with Crippen LogP contribution in [0.4, 0.5) is 0 Å². The smallest absolute Gasteiger partial charge is 0.822 e. The molecule has 0 spiro atoms. The molecule has 0 aliphatic rings. The molecule has 0 unspecified atom stereocenters. The third kappa shape index (κ3) is 60.3. The number of hydrogen-bond donors (Lipinski definition) is 2. The van der Waals surface area contributed by atoms with Gasteiger partial charge in [-0.25, -0.2) is 4.79 Å². The first-order valence-electron chi connectivity index (χ1n) is 3.53. The van der Waals surface area contributed by atoms with Gasteiger partial charge >= 0.3 is 119 Å². The summed E-state index contributed by atoms with van der Waals surface area (Å²) in [5.74, 6) is 0. The van der Waals surface area contributed by atoms with Crippen LogP contribution in [0.15, 0.2) is 21.9 Å². The number of aromatic nitrogens is 2. The molecule has 12 nitrogen and oxygen atoms in total. The molecule has 0 fully saturated rings. The summed E-state index contributed by atoms with van der Waals surface area (Å²) < 4.78 is 17.1. The van der Waals surface area contributed by atoms with Crippen LogP contribution in [0.5, 0.6) is 0 Å². The van der Waals surface area contributed by atoms with Gasteiger partial charge in [0.1, 0.15) is 0 Å². The zero-order chi connectivity index (χ0) is 15.0. The van der Waals surface area contributed by atoms with Crippen molar-refractivity contribution >= 4 is 129 Å². The van der Waals surface area contributed by atoms with E-state index in [1.807, 2.05) is 4.98 Å². The van der Waals surface area contributed by atoms with Crippen LogP contribution in [0.1, 0.15) is 0 Å². The summed E-state index contributed by atoms with van der Waals surface area (Å²) in [6.45, 7) is 0. The van der Waals surface area contributed by atoms with E-state index < -0.39 is 21.3 Å². The molecule has 0 aliphatic carbocycles. The van der Waals surface area contributed by atoms with Crippen LogP contribution in [-0.2, 0) is 9.13 Å². The Balaban J connectivity index is -0.0000000595. The maximum Gasteiger partial charge on any atom is 2.00 e. The van der Waals surface area contributed by atoms with Crippen LogP contribution in [0.2, 0.25) is 0 Å². The molecular weight excluding hydrogens is 418 g/mol. The molecule has 0 aromatic carbocycles. The minimum absolute atomic E-state index is 0. The summed E-state index contributed by atoms with van der Waals surface area (Å²) in [4.78, 5) is 76.0. The van der Waals surface area contributed by atoms with E-state index in [4.69, 9.17) is 38.5 Å². The molecule has 1 aromatic rings. The Hall–Kier alpha value is 2.68. The van der Waals surface area contributed by atoms with Crippen molar-refractivity contribution < 1.29 is 38.5 Å². The molecule has 0 saturated heterocycles. The van der Waals surface area contributed by atoms with Gasteiger partial charge in [0.2, 0.25) is 0 Å². The van der Waals surface area contributed by atoms with E-state index in [2.05, 4.69) is 4.98 Å². The molecule has 21 heavy (non-hydrogen) atoms. The topological polar surface area (TPSA) is 238 Å². The Morgan fingerprint density at radius 2 is 1.10 bits per heavy atom. The van der Waals surface area contributed by atoms with Crippen molar-refractivity contribution in [2.24, 2.45) is 0 Å².